The van der Waals surface area contributed by atoms with Crippen molar-refractivity contribution in [3.05, 3.63) is 87.0 Å². The number of rotatable bonds is 6. The second kappa shape index (κ2) is 7.99. The maximum atomic E-state index is 13.8. The van der Waals surface area contributed by atoms with Crippen LogP contribution in [-0.4, -0.2) is 36.5 Å². The fraction of sp³-hybridized carbons (Fsp3) is 0.0526. The molecule has 30 heavy (non-hydrogen) atoms. The van der Waals surface area contributed by atoms with Crippen molar-refractivity contribution in [3.8, 4) is 0 Å². The number of ketones is 1. The van der Waals surface area contributed by atoms with E-state index in [0.717, 1.165) is 18.5 Å². The minimum Gasteiger partial charge on any atom is -0.478 e. The molecule has 9 nitrogen and oxygen atoms in total. The molecule has 0 aliphatic heterocycles. The molecule has 0 saturated heterocycles. The average molecular weight is 414 g/mol. The van der Waals surface area contributed by atoms with Crippen LogP contribution >= 0.6 is 0 Å². The number of Topliss-reactive ketones (excluding diaryl/α,β-unsaturated/α-hetero) is 1. The van der Waals surface area contributed by atoms with E-state index in [1.807, 2.05) is 0 Å². The zero-order valence-corrected chi connectivity index (χ0v) is 15.2. The molecule has 0 atom stereocenters. The van der Waals surface area contributed by atoms with E-state index in [-0.39, 0.29) is 11.4 Å². The van der Waals surface area contributed by atoms with Gasteiger partial charge in [0.15, 0.2) is 5.82 Å². The molecule has 0 amide bonds. The molecule has 0 aliphatic carbocycles. The predicted octanol–water partition coefficient (Wildman–Crippen LogP) is 3.12. The monoisotopic (exact) mass is 414 g/mol. The van der Waals surface area contributed by atoms with Gasteiger partial charge in [0.25, 0.3) is 5.69 Å². The summed E-state index contributed by atoms with van der Waals surface area (Å²) >= 11 is 0. The summed E-state index contributed by atoms with van der Waals surface area (Å²) in [5.74, 6) is -4.54. The third kappa shape index (κ3) is 3.94. The minimum absolute atomic E-state index is 0.0284. The number of halogens is 2. The molecule has 11 heteroatoms. The van der Waals surface area contributed by atoms with Gasteiger partial charge in [-0.1, -0.05) is 12.1 Å². The van der Waals surface area contributed by atoms with E-state index in [2.05, 4.69) is 10.1 Å². The van der Waals surface area contributed by atoms with Crippen LogP contribution in [0.1, 0.15) is 32.1 Å². The summed E-state index contributed by atoms with van der Waals surface area (Å²) in [5.41, 5.74) is -2.61. The average Bonchev–Trinajstić information content (AvgIpc) is 3.11. The predicted molar refractivity (Wildman–Crippen MR) is 99.6 cm³/mol. The Bertz CT molecular complexity index is 1170. The Labute approximate surface area is 167 Å². The maximum absolute atomic E-state index is 13.8. The second-order valence-electron chi connectivity index (χ2n) is 6.06. The Morgan fingerprint density at radius 3 is 2.37 bits per heavy atom. The van der Waals surface area contributed by atoms with Gasteiger partial charge in [-0.15, -0.1) is 0 Å². The number of nitrogens with zero attached hydrogens (tertiary/aromatic N) is 4. The highest BCUT2D eigenvalue weighted by atomic mass is 19.1. The number of carboxylic acid groups (broad SMARTS) is 1. The number of carbonyl (C=O) groups excluding carboxylic acids is 1. The topological polar surface area (TPSA) is 128 Å². The number of nitro groups is 1. The van der Waals surface area contributed by atoms with E-state index in [0.29, 0.717) is 17.7 Å². The molecular formula is C19H12F2N4O5. The van der Waals surface area contributed by atoms with Gasteiger partial charge in [0.05, 0.1) is 22.1 Å². The molecule has 0 unspecified atom stereocenters. The van der Waals surface area contributed by atoms with Gasteiger partial charge >= 0.3 is 5.97 Å². The molecule has 0 aliphatic rings. The highest BCUT2D eigenvalue weighted by molar-refractivity contribution is 6.34. The first-order valence-corrected chi connectivity index (χ1v) is 8.26. The van der Waals surface area contributed by atoms with Crippen LogP contribution in [0.25, 0.3) is 11.6 Å². The summed E-state index contributed by atoms with van der Waals surface area (Å²) in [5, 5.41) is 24.7. The number of aryl methyl sites for hydroxylation is 1. The van der Waals surface area contributed by atoms with E-state index in [1.54, 1.807) is 0 Å². The van der Waals surface area contributed by atoms with Crippen molar-refractivity contribution in [2.45, 2.75) is 0 Å². The van der Waals surface area contributed by atoms with Crippen molar-refractivity contribution >= 4 is 29.1 Å². The van der Waals surface area contributed by atoms with Crippen molar-refractivity contribution in [2.24, 2.45) is 7.05 Å². The fourth-order valence-corrected chi connectivity index (χ4v) is 2.78. The molecule has 3 rings (SSSR count). The van der Waals surface area contributed by atoms with E-state index in [1.165, 1.54) is 29.9 Å². The van der Waals surface area contributed by atoms with E-state index in [4.69, 9.17) is 0 Å². The molecule has 0 fully saturated rings. The van der Waals surface area contributed by atoms with Crippen LogP contribution in [0.2, 0.25) is 0 Å². The van der Waals surface area contributed by atoms with E-state index in [9.17, 15) is 33.6 Å². The first-order valence-electron chi connectivity index (χ1n) is 8.26. The Hall–Kier alpha value is -4.28. The molecule has 0 radical (unpaired) electrons. The Morgan fingerprint density at radius 2 is 1.83 bits per heavy atom. The van der Waals surface area contributed by atoms with Crippen LogP contribution in [0.4, 0.5) is 14.5 Å². The number of aromatic nitrogens is 3. The molecule has 1 aromatic heterocycles. The van der Waals surface area contributed by atoms with Gasteiger partial charge in [-0.25, -0.2) is 23.2 Å². The zero-order chi connectivity index (χ0) is 22.0. The number of hydrogen-bond acceptors (Lipinski definition) is 6. The SMILES string of the molecule is Cn1ncnc1/C(=C\c1ccc(F)cc1)C(=O)c1c(C(=O)O)cc(F)cc1[N+](=O)[O-]. The van der Waals surface area contributed by atoms with Crippen LogP contribution in [0.3, 0.4) is 0 Å². The first-order chi connectivity index (χ1) is 14.2. The highest BCUT2D eigenvalue weighted by Gasteiger charge is 2.32. The zero-order valence-electron chi connectivity index (χ0n) is 15.2. The van der Waals surface area contributed by atoms with Gasteiger partial charge in [0, 0.05) is 7.05 Å². The van der Waals surface area contributed by atoms with Crippen LogP contribution in [0.15, 0.2) is 42.7 Å². The Balaban J connectivity index is 2.30. The third-order valence-corrected chi connectivity index (χ3v) is 4.11. The molecule has 0 spiro atoms. The number of nitro benzene ring substituents is 1. The maximum Gasteiger partial charge on any atom is 0.336 e. The van der Waals surface area contributed by atoms with Crippen LogP contribution < -0.4 is 0 Å². The summed E-state index contributed by atoms with van der Waals surface area (Å²) in [6.07, 6.45) is 2.38. The largest absolute Gasteiger partial charge is 0.478 e. The fourth-order valence-electron chi connectivity index (χ4n) is 2.78. The van der Waals surface area contributed by atoms with Crippen LogP contribution in [0, 0.1) is 21.7 Å². The lowest BCUT2D eigenvalue weighted by atomic mass is 9.94. The molecule has 3 aromatic rings. The standard InChI is InChI=1S/C19H12F2N4O5/c1-24-18(22-9-23-24)14(6-10-2-4-11(20)5-3-10)17(26)16-13(19(27)28)7-12(21)8-15(16)25(29)30/h2-9H,1H3,(H,27,28)/b14-6-. The smallest absolute Gasteiger partial charge is 0.336 e. The summed E-state index contributed by atoms with van der Waals surface area (Å²) in [6, 6.07) is 5.94. The van der Waals surface area contributed by atoms with Crippen molar-refractivity contribution in [3.63, 3.8) is 0 Å². The number of allylic oxidation sites excluding steroid dienone is 1. The van der Waals surface area contributed by atoms with Crippen molar-refractivity contribution in [2.75, 3.05) is 0 Å². The summed E-state index contributed by atoms with van der Waals surface area (Å²) < 4.78 is 28.2. The third-order valence-electron chi connectivity index (χ3n) is 4.11. The number of carboxylic acids is 1. The van der Waals surface area contributed by atoms with Crippen molar-refractivity contribution in [1.82, 2.24) is 14.8 Å². The highest BCUT2D eigenvalue weighted by Crippen LogP contribution is 2.30. The normalized spacial score (nSPS) is 11.4. The first kappa shape index (κ1) is 20.5. The lowest BCUT2D eigenvalue weighted by Crippen LogP contribution is -2.15. The summed E-state index contributed by atoms with van der Waals surface area (Å²) in [4.78, 5) is 39.2. The number of benzene rings is 2. The molecule has 0 bridgehead atoms. The van der Waals surface area contributed by atoms with Crippen LogP contribution in [-0.2, 0) is 7.05 Å². The van der Waals surface area contributed by atoms with Gasteiger partial charge in [-0.3, -0.25) is 14.9 Å². The minimum atomic E-state index is -1.72. The Morgan fingerprint density at radius 1 is 1.17 bits per heavy atom. The van der Waals surface area contributed by atoms with Crippen molar-refractivity contribution < 1.29 is 28.4 Å². The second-order valence-corrected chi connectivity index (χ2v) is 6.06. The lowest BCUT2D eigenvalue weighted by Gasteiger charge is -2.10. The molecule has 1 heterocycles. The van der Waals surface area contributed by atoms with Crippen LogP contribution in [0.5, 0.6) is 0 Å². The van der Waals surface area contributed by atoms with Gasteiger partial charge in [-0.05, 0) is 29.8 Å². The van der Waals surface area contributed by atoms with Crippen molar-refractivity contribution in [1.29, 1.82) is 0 Å². The summed E-state index contributed by atoms with van der Waals surface area (Å²) in [7, 11) is 1.45. The lowest BCUT2D eigenvalue weighted by molar-refractivity contribution is -0.385. The van der Waals surface area contributed by atoms with Gasteiger partial charge in [0.1, 0.15) is 23.5 Å². The van der Waals surface area contributed by atoms with Gasteiger partial charge in [0.2, 0.25) is 5.78 Å². The molecular weight excluding hydrogens is 402 g/mol. The number of hydrogen-bond donors (Lipinski definition) is 1. The Kier molecular flexibility index (Phi) is 5.45. The van der Waals surface area contributed by atoms with Gasteiger partial charge < -0.3 is 5.11 Å². The molecule has 0 saturated carbocycles. The number of carbonyl (C=O) groups is 2. The van der Waals surface area contributed by atoms with E-state index < -0.39 is 45.1 Å². The molecule has 1 N–H and O–H groups in total. The number of aromatic carboxylic acids is 1. The van der Waals surface area contributed by atoms with Gasteiger partial charge in [-0.2, -0.15) is 5.10 Å². The quantitative estimate of drug-likeness (QED) is 0.284. The van der Waals surface area contributed by atoms with E-state index >= 15 is 0 Å². The summed E-state index contributed by atoms with van der Waals surface area (Å²) in [6.45, 7) is 0. The molecule has 152 valence electrons. The molecule has 2 aromatic carbocycles.